The van der Waals surface area contributed by atoms with Crippen molar-refractivity contribution in [1.82, 2.24) is 19.8 Å². The second-order valence-electron chi connectivity index (χ2n) is 20.6. The molecule has 0 radical (unpaired) electrons. The number of benzene rings is 3. The minimum absolute atomic E-state index is 0.00552. The van der Waals surface area contributed by atoms with Crippen LogP contribution >= 0.6 is 0 Å². The van der Waals surface area contributed by atoms with Crippen LogP contribution in [0.15, 0.2) is 42.5 Å². The Labute approximate surface area is 380 Å². The van der Waals surface area contributed by atoms with E-state index in [1.165, 1.54) is 0 Å². The SMILES string of the molecule is COCOc1cc(-c2ccc3c(N4C5CCC4CN(C(=O)OC(C)(C)C)C5)nc(OCC4(CN5CCOCC5)CC4)nc3c2F)c2c(C#C[Si](C(C)C)(C(C)C)C(C)C)cccc2c1. The molecule has 64 heavy (non-hydrogen) atoms. The fourth-order valence-corrected chi connectivity index (χ4v) is 16.0. The van der Waals surface area contributed by atoms with Crippen molar-refractivity contribution in [2.45, 2.75) is 122 Å². The Hall–Kier alpha value is -4.48. The Morgan fingerprint density at radius 3 is 2.25 bits per heavy atom. The number of hydrogen-bond donors (Lipinski definition) is 0. The highest BCUT2D eigenvalue weighted by Gasteiger charge is 2.47. The van der Waals surface area contributed by atoms with Gasteiger partial charge in [0.05, 0.1) is 19.8 Å². The molecule has 4 aliphatic rings. The van der Waals surface area contributed by atoms with E-state index in [1.807, 2.05) is 62.1 Å². The van der Waals surface area contributed by atoms with Gasteiger partial charge in [0.25, 0.3) is 0 Å². The molecule has 13 heteroatoms. The lowest BCUT2D eigenvalue weighted by atomic mass is 9.93. The molecule has 2 unspecified atom stereocenters. The first-order valence-electron chi connectivity index (χ1n) is 23.4. The van der Waals surface area contributed by atoms with Gasteiger partial charge in [0.2, 0.25) is 0 Å². The van der Waals surface area contributed by atoms with Gasteiger partial charge in [0.15, 0.2) is 12.6 Å². The van der Waals surface area contributed by atoms with Crippen LogP contribution in [0.4, 0.5) is 15.0 Å². The summed E-state index contributed by atoms with van der Waals surface area (Å²) in [6.45, 7) is 25.2. The van der Waals surface area contributed by atoms with Gasteiger partial charge in [-0.1, -0.05) is 65.7 Å². The maximum absolute atomic E-state index is 18.0. The first kappa shape index (κ1) is 46.1. The Morgan fingerprint density at radius 2 is 1.62 bits per heavy atom. The third kappa shape index (κ3) is 9.30. The zero-order chi connectivity index (χ0) is 45.6. The van der Waals surface area contributed by atoms with Crippen molar-refractivity contribution < 1.29 is 32.9 Å². The van der Waals surface area contributed by atoms with Crippen LogP contribution in [0, 0.1) is 22.7 Å². The first-order valence-corrected chi connectivity index (χ1v) is 25.7. The summed E-state index contributed by atoms with van der Waals surface area (Å²) in [5, 5.41) is 2.35. The third-order valence-corrected chi connectivity index (χ3v) is 20.4. The number of fused-ring (bicyclic) bond motifs is 4. The second kappa shape index (κ2) is 18.4. The van der Waals surface area contributed by atoms with E-state index in [9.17, 15) is 4.79 Å². The van der Waals surface area contributed by atoms with Crippen molar-refractivity contribution in [3.05, 3.63) is 53.8 Å². The summed E-state index contributed by atoms with van der Waals surface area (Å²) in [7, 11) is -0.521. The molecular weight excluding hydrogens is 826 g/mol. The van der Waals surface area contributed by atoms with Crippen molar-refractivity contribution in [3.8, 4) is 34.4 Å². The number of nitrogens with zero attached hydrogens (tertiary/aromatic N) is 5. The highest BCUT2D eigenvalue weighted by atomic mass is 28.3. The molecule has 0 N–H and O–H groups in total. The number of amides is 1. The van der Waals surface area contributed by atoms with E-state index in [0.717, 1.165) is 74.9 Å². The van der Waals surface area contributed by atoms with Crippen LogP contribution in [0.1, 0.15) is 93.6 Å². The molecule has 344 valence electrons. The number of carbonyl (C=O) groups excluding carboxylic acids is 1. The van der Waals surface area contributed by atoms with Crippen molar-refractivity contribution in [3.63, 3.8) is 0 Å². The minimum Gasteiger partial charge on any atom is -0.468 e. The fourth-order valence-electron chi connectivity index (χ4n) is 10.8. The van der Waals surface area contributed by atoms with Crippen LogP contribution in [-0.2, 0) is 14.2 Å². The van der Waals surface area contributed by atoms with Crippen molar-refractivity contribution >= 4 is 41.7 Å². The van der Waals surface area contributed by atoms with Crippen LogP contribution in [0.25, 0.3) is 32.8 Å². The van der Waals surface area contributed by atoms with Crippen molar-refractivity contribution in [1.29, 1.82) is 0 Å². The molecule has 2 atom stereocenters. The number of anilines is 1. The molecule has 2 bridgehead atoms. The number of halogens is 1. The molecule has 1 amide bonds. The van der Waals surface area contributed by atoms with Gasteiger partial charge in [0.1, 0.15) is 30.8 Å². The number of rotatable bonds is 13. The Kier molecular flexibility index (Phi) is 13.3. The fraction of sp³-hybridized carbons (Fsp3) is 0.588. The Bertz CT molecular complexity index is 2380. The lowest BCUT2D eigenvalue weighted by Crippen LogP contribution is -2.56. The maximum atomic E-state index is 18.0. The zero-order valence-corrected chi connectivity index (χ0v) is 40.7. The number of methoxy groups -OCH3 is 1. The van der Waals surface area contributed by atoms with Gasteiger partial charge >= 0.3 is 12.1 Å². The zero-order valence-electron chi connectivity index (χ0n) is 39.7. The molecule has 4 aromatic rings. The van der Waals surface area contributed by atoms with E-state index in [1.54, 1.807) is 7.11 Å². The molecule has 3 aromatic carbocycles. The van der Waals surface area contributed by atoms with Crippen molar-refractivity contribution in [2.75, 3.05) is 71.3 Å². The summed E-state index contributed by atoms with van der Waals surface area (Å²) in [5.74, 6) is 4.42. The van der Waals surface area contributed by atoms with Crippen LogP contribution in [0.2, 0.25) is 16.6 Å². The van der Waals surface area contributed by atoms with Gasteiger partial charge in [-0.25, -0.2) is 9.18 Å². The number of carbonyl (C=O) groups is 1. The van der Waals surface area contributed by atoms with Crippen LogP contribution in [0.3, 0.4) is 0 Å². The third-order valence-electron chi connectivity index (χ3n) is 14.1. The molecule has 11 nitrogen and oxygen atoms in total. The molecule has 1 aliphatic carbocycles. The summed E-state index contributed by atoms with van der Waals surface area (Å²) in [6, 6.07) is 13.9. The molecule has 8 rings (SSSR count). The normalized spacial score (nSPS) is 20.0. The van der Waals surface area contributed by atoms with E-state index in [-0.39, 0.29) is 41.9 Å². The summed E-state index contributed by atoms with van der Waals surface area (Å²) >= 11 is 0. The van der Waals surface area contributed by atoms with Crippen LogP contribution in [0.5, 0.6) is 11.8 Å². The van der Waals surface area contributed by atoms with E-state index in [2.05, 4.69) is 68.9 Å². The van der Waals surface area contributed by atoms with Gasteiger partial charge in [-0.3, -0.25) is 4.90 Å². The second-order valence-corrected chi connectivity index (χ2v) is 26.2. The molecule has 4 heterocycles. The van der Waals surface area contributed by atoms with Gasteiger partial charge in [-0.2, -0.15) is 9.97 Å². The lowest BCUT2D eigenvalue weighted by molar-refractivity contribution is 0.0209. The first-order chi connectivity index (χ1) is 30.5. The van der Waals surface area contributed by atoms with Gasteiger partial charge in [-0.05, 0) is 98.3 Å². The molecule has 1 aromatic heterocycles. The number of piperazine rings is 1. The topological polar surface area (TPSA) is 98.7 Å². The number of aromatic nitrogens is 2. The summed E-state index contributed by atoms with van der Waals surface area (Å²) in [4.78, 5) is 29.9. The standard InChI is InChI=1S/C51H68FN5O6Si/c1-33(2)64(34(3)4,35(5)6)25-18-36-12-11-13-37-26-40(62-32-59-10)27-43(44(36)37)41-16-17-42-46(45(41)52)53-48(61-31-51(19-20-51)30-55-21-23-60-24-22-55)54-47(42)57-38-14-15-39(57)29-56(28-38)49(58)63-50(7,8)9/h11-13,16-17,26-27,33-35,38-39H,14-15,19-24,28-32H2,1-10H3. The van der Waals surface area contributed by atoms with E-state index < -0.39 is 19.5 Å². The number of likely N-dealkylation sites (tertiary alicyclic amines) is 1. The Balaban J connectivity index is 1.25. The summed E-state index contributed by atoms with van der Waals surface area (Å²) in [6.07, 6.45) is 3.52. The highest BCUT2D eigenvalue weighted by Crippen LogP contribution is 2.48. The van der Waals surface area contributed by atoms with Gasteiger partial charge in [0, 0.05) is 79.2 Å². The minimum atomic E-state index is -2.11. The van der Waals surface area contributed by atoms with Crippen LogP contribution in [-0.4, -0.2) is 118 Å². The average Bonchev–Trinajstić information content (AvgIpc) is 3.96. The largest absolute Gasteiger partial charge is 0.468 e. The van der Waals surface area contributed by atoms with E-state index in [0.29, 0.717) is 64.4 Å². The van der Waals surface area contributed by atoms with Crippen LogP contribution < -0.4 is 14.4 Å². The number of hydrogen-bond acceptors (Lipinski definition) is 10. The van der Waals surface area contributed by atoms with Gasteiger partial charge < -0.3 is 33.5 Å². The molecular formula is C51H68FN5O6Si. The predicted octanol–water partition coefficient (Wildman–Crippen LogP) is 10.2. The van der Waals surface area contributed by atoms with E-state index in [4.69, 9.17) is 33.7 Å². The monoisotopic (exact) mass is 893 g/mol. The van der Waals surface area contributed by atoms with Crippen molar-refractivity contribution in [2.24, 2.45) is 5.41 Å². The summed E-state index contributed by atoms with van der Waals surface area (Å²) < 4.78 is 47.4. The van der Waals surface area contributed by atoms with E-state index >= 15 is 4.39 Å². The highest BCUT2D eigenvalue weighted by molar-refractivity contribution is 6.90. The molecule has 1 saturated carbocycles. The molecule has 3 saturated heterocycles. The summed E-state index contributed by atoms with van der Waals surface area (Å²) in [5.41, 5.74) is 6.76. The average molecular weight is 894 g/mol. The predicted molar refractivity (Wildman–Crippen MR) is 254 cm³/mol. The quantitative estimate of drug-likeness (QED) is 0.0733. The van der Waals surface area contributed by atoms with Gasteiger partial charge in [-0.15, -0.1) is 5.54 Å². The molecule has 3 aliphatic heterocycles. The molecule has 0 spiro atoms. The maximum Gasteiger partial charge on any atom is 0.410 e. The lowest BCUT2D eigenvalue weighted by Gasteiger charge is -2.42. The Morgan fingerprint density at radius 1 is 0.938 bits per heavy atom. The number of morpholine rings is 1. The smallest absolute Gasteiger partial charge is 0.410 e. The molecule has 4 fully saturated rings. The number of ether oxygens (including phenoxy) is 5.